The van der Waals surface area contributed by atoms with Crippen LogP contribution in [-0.2, 0) is 20.5 Å². The van der Waals surface area contributed by atoms with Crippen molar-refractivity contribution < 1.29 is 0 Å². The van der Waals surface area contributed by atoms with E-state index in [4.69, 9.17) is 11.6 Å². The van der Waals surface area contributed by atoms with Gasteiger partial charge in [-0.05, 0) is 33.7 Å². The zero-order chi connectivity index (χ0) is 15.7. The molecule has 0 aliphatic heterocycles. The average Bonchev–Trinajstić information content (AvgIpc) is 2.80. The summed E-state index contributed by atoms with van der Waals surface area (Å²) in [7, 11) is 3.86. The monoisotopic (exact) mass is 309 g/mol. The molecule has 2 heterocycles. The fourth-order valence-electron chi connectivity index (χ4n) is 2.93. The zero-order valence-corrected chi connectivity index (χ0v) is 14.4. The summed E-state index contributed by atoms with van der Waals surface area (Å²) in [6.07, 6.45) is 0.819. The Morgan fingerprint density at radius 2 is 1.71 bits per heavy atom. The van der Waals surface area contributed by atoms with Crippen LogP contribution < -0.4 is 5.32 Å². The molecular formula is C15H24ClN5. The number of aryl methyl sites for hydroxylation is 4. The molecule has 1 atom stereocenters. The Hall–Kier alpha value is -1.33. The van der Waals surface area contributed by atoms with Gasteiger partial charge in [0.15, 0.2) is 0 Å². The summed E-state index contributed by atoms with van der Waals surface area (Å²) < 4.78 is 3.67. The van der Waals surface area contributed by atoms with E-state index in [2.05, 4.69) is 36.3 Å². The molecule has 2 aromatic rings. The van der Waals surface area contributed by atoms with Crippen molar-refractivity contribution in [3.05, 3.63) is 33.4 Å². The Morgan fingerprint density at radius 1 is 1.10 bits per heavy atom. The van der Waals surface area contributed by atoms with Crippen molar-refractivity contribution in [2.24, 2.45) is 14.1 Å². The van der Waals surface area contributed by atoms with Crippen molar-refractivity contribution >= 4 is 11.6 Å². The van der Waals surface area contributed by atoms with Crippen molar-refractivity contribution in [1.29, 1.82) is 0 Å². The van der Waals surface area contributed by atoms with Crippen LogP contribution in [0.3, 0.4) is 0 Å². The highest BCUT2D eigenvalue weighted by atomic mass is 35.5. The number of rotatable bonds is 5. The van der Waals surface area contributed by atoms with Crippen LogP contribution in [0.25, 0.3) is 0 Å². The van der Waals surface area contributed by atoms with Gasteiger partial charge in [0.1, 0.15) is 5.15 Å². The molecule has 0 bridgehead atoms. The molecule has 0 spiro atoms. The number of nitrogens with zero attached hydrogens (tertiary/aromatic N) is 4. The Morgan fingerprint density at radius 3 is 2.14 bits per heavy atom. The van der Waals surface area contributed by atoms with Gasteiger partial charge in [0.2, 0.25) is 0 Å². The highest BCUT2D eigenvalue weighted by molar-refractivity contribution is 6.30. The summed E-state index contributed by atoms with van der Waals surface area (Å²) in [6, 6.07) is 0.198. The Labute approximate surface area is 131 Å². The maximum Gasteiger partial charge on any atom is 0.130 e. The van der Waals surface area contributed by atoms with Crippen molar-refractivity contribution in [2.45, 2.75) is 40.2 Å². The van der Waals surface area contributed by atoms with E-state index in [0.717, 1.165) is 35.1 Å². The predicted octanol–water partition coefficient (Wildman–Crippen LogP) is 2.63. The van der Waals surface area contributed by atoms with Crippen LogP contribution >= 0.6 is 11.6 Å². The van der Waals surface area contributed by atoms with Crippen LogP contribution in [-0.4, -0.2) is 26.1 Å². The van der Waals surface area contributed by atoms with Crippen LogP contribution in [0.4, 0.5) is 0 Å². The lowest BCUT2D eigenvalue weighted by atomic mass is 9.97. The molecular weight excluding hydrogens is 286 g/mol. The first kappa shape index (κ1) is 16.0. The molecule has 0 saturated heterocycles. The van der Waals surface area contributed by atoms with Gasteiger partial charge in [-0.3, -0.25) is 9.36 Å². The standard InChI is InChI=1S/C15H24ClN5/c1-7-17-13(14-10(3)19-20(5)11(14)4)8-12-9(2)18-21(6)15(12)16/h13,17H,7-8H2,1-6H3. The maximum atomic E-state index is 6.38. The smallest absolute Gasteiger partial charge is 0.130 e. The topological polar surface area (TPSA) is 47.7 Å². The second-order valence-corrected chi connectivity index (χ2v) is 5.86. The molecule has 1 N–H and O–H groups in total. The summed E-state index contributed by atoms with van der Waals surface area (Å²) in [4.78, 5) is 0. The summed E-state index contributed by atoms with van der Waals surface area (Å²) in [5.41, 5.74) is 5.62. The fraction of sp³-hybridized carbons (Fsp3) is 0.600. The first-order valence-corrected chi connectivity index (χ1v) is 7.66. The van der Waals surface area contributed by atoms with E-state index in [0.29, 0.717) is 0 Å². The second kappa shape index (κ2) is 6.20. The van der Waals surface area contributed by atoms with Gasteiger partial charge in [0, 0.05) is 37.0 Å². The van der Waals surface area contributed by atoms with Crippen LogP contribution in [0.2, 0.25) is 5.15 Å². The van der Waals surface area contributed by atoms with Crippen molar-refractivity contribution in [1.82, 2.24) is 24.9 Å². The predicted molar refractivity (Wildman–Crippen MR) is 85.8 cm³/mol. The van der Waals surface area contributed by atoms with Gasteiger partial charge in [-0.1, -0.05) is 18.5 Å². The molecule has 0 saturated carbocycles. The number of hydrogen-bond donors (Lipinski definition) is 1. The molecule has 21 heavy (non-hydrogen) atoms. The number of aromatic nitrogens is 4. The fourth-order valence-corrected chi connectivity index (χ4v) is 3.18. The lowest BCUT2D eigenvalue weighted by molar-refractivity contribution is 0.543. The first-order chi connectivity index (χ1) is 9.86. The van der Waals surface area contributed by atoms with Gasteiger partial charge in [0.25, 0.3) is 0 Å². The SMILES string of the molecule is CCNC(Cc1c(C)nn(C)c1Cl)c1c(C)nn(C)c1C. The number of nitrogens with one attached hydrogen (secondary N) is 1. The van der Waals surface area contributed by atoms with Gasteiger partial charge < -0.3 is 5.32 Å². The molecule has 0 fully saturated rings. The van der Waals surface area contributed by atoms with E-state index in [1.54, 1.807) is 4.68 Å². The normalized spacial score (nSPS) is 12.9. The van der Waals surface area contributed by atoms with Gasteiger partial charge in [-0.2, -0.15) is 10.2 Å². The van der Waals surface area contributed by atoms with Gasteiger partial charge >= 0.3 is 0 Å². The lowest BCUT2D eigenvalue weighted by Gasteiger charge is -2.19. The van der Waals surface area contributed by atoms with E-state index >= 15 is 0 Å². The van der Waals surface area contributed by atoms with Crippen LogP contribution in [0.5, 0.6) is 0 Å². The average molecular weight is 310 g/mol. The molecule has 0 aromatic carbocycles. The summed E-state index contributed by atoms with van der Waals surface area (Å²) >= 11 is 6.38. The highest BCUT2D eigenvalue weighted by Crippen LogP contribution is 2.28. The molecule has 116 valence electrons. The lowest BCUT2D eigenvalue weighted by Crippen LogP contribution is -2.24. The van der Waals surface area contributed by atoms with E-state index < -0.39 is 0 Å². The quantitative estimate of drug-likeness (QED) is 0.923. The first-order valence-electron chi connectivity index (χ1n) is 7.28. The maximum absolute atomic E-state index is 6.38. The van der Waals surface area contributed by atoms with Crippen molar-refractivity contribution in [3.63, 3.8) is 0 Å². The Kier molecular flexibility index (Phi) is 4.74. The van der Waals surface area contributed by atoms with E-state index in [-0.39, 0.29) is 6.04 Å². The van der Waals surface area contributed by atoms with Gasteiger partial charge in [0.05, 0.1) is 11.4 Å². The molecule has 2 rings (SSSR count). The molecule has 6 heteroatoms. The van der Waals surface area contributed by atoms with Crippen molar-refractivity contribution in [3.8, 4) is 0 Å². The van der Waals surface area contributed by atoms with E-state index in [9.17, 15) is 0 Å². The molecule has 5 nitrogen and oxygen atoms in total. The third-order valence-electron chi connectivity index (χ3n) is 4.04. The van der Waals surface area contributed by atoms with Crippen LogP contribution in [0.1, 0.15) is 41.2 Å². The largest absolute Gasteiger partial charge is 0.310 e. The number of likely N-dealkylation sites (N-methyl/N-ethyl adjacent to an activating group) is 1. The van der Waals surface area contributed by atoms with Crippen molar-refractivity contribution in [2.75, 3.05) is 6.54 Å². The third kappa shape index (κ3) is 2.99. The zero-order valence-electron chi connectivity index (χ0n) is 13.7. The Bertz CT molecular complexity index is 641. The summed E-state index contributed by atoms with van der Waals surface area (Å²) in [5.74, 6) is 0. The minimum atomic E-state index is 0.198. The number of halogens is 1. The molecule has 0 amide bonds. The molecule has 1 unspecified atom stereocenters. The van der Waals surface area contributed by atoms with Crippen LogP contribution in [0.15, 0.2) is 0 Å². The second-order valence-electron chi connectivity index (χ2n) is 5.50. The molecule has 0 aliphatic rings. The summed E-state index contributed by atoms with van der Waals surface area (Å²) in [6.45, 7) is 9.19. The minimum Gasteiger partial charge on any atom is -0.310 e. The van der Waals surface area contributed by atoms with E-state index in [1.165, 1.54) is 11.3 Å². The molecule has 2 aromatic heterocycles. The van der Waals surface area contributed by atoms with Gasteiger partial charge in [-0.15, -0.1) is 0 Å². The molecule has 0 radical (unpaired) electrons. The van der Waals surface area contributed by atoms with Crippen LogP contribution in [0, 0.1) is 20.8 Å². The van der Waals surface area contributed by atoms with E-state index in [1.807, 2.05) is 25.7 Å². The third-order valence-corrected chi connectivity index (χ3v) is 4.51. The summed E-state index contributed by atoms with van der Waals surface area (Å²) in [5, 5.41) is 13.2. The van der Waals surface area contributed by atoms with Gasteiger partial charge in [-0.25, -0.2) is 0 Å². The minimum absolute atomic E-state index is 0.198. The Balaban J connectivity index is 2.40. The number of hydrogen-bond acceptors (Lipinski definition) is 3. The highest BCUT2D eigenvalue weighted by Gasteiger charge is 2.23. The molecule has 0 aliphatic carbocycles.